The van der Waals surface area contributed by atoms with Gasteiger partial charge in [-0.05, 0) is 45.2 Å². The minimum atomic E-state index is -0.458. The van der Waals surface area contributed by atoms with Crippen LogP contribution in [-0.2, 0) is 9.53 Å². The van der Waals surface area contributed by atoms with E-state index in [0.717, 1.165) is 32.5 Å². The highest BCUT2D eigenvalue weighted by Crippen LogP contribution is 2.36. The van der Waals surface area contributed by atoms with Crippen molar-refractivity contribution < 1.29 is 9.53 Å². The van der Waals surface area contributed by atoms with Gasteiger partial charge in [-0.1, -0.05) is 20.3 Å². The van der Waals surface area contributed by atoms with Gasteiger partial charge in [0, 0.05) is 12.6 Å². The summed E-state index contributed by atoms with van der Waals surface area (Å²) in [6.07, 6.45) is 4.50. The first-order valence-corrected chi connectivity index (χ1v) is 7.76. The van der Waals surface area contributed by atoms with Crippen LogP contribution >= 0.6 is 0 Å². The lowest BCUT2D eigenvalue weighted by molar-refractivity contribution is -0.153. The second-order valence-electron chi connectivity index (χ2n) is 6.26. The largest absolute Gasteiger partial charge is 0.465 e. The average molecular weight is 268 g/mol. The summed E-state index contributed by atoms with van der Waals surface area (Å²) in [6.45, 7) is 9.75. The lowest BCUT2D eigenvalue weighted by Gasteiger charge is -2.39. The molecule has 2 heterocycles. The Bertz CT molecular complexity index is 319. The monoisotopic (exact) mass is 268 g/mol. The Balaban J connectivity index is 2.16. The lowest BCUT2D eigenvalue weighted by atomic mass is 9.85. The van der Waals surface area contributed by atoms with Crippen LogP contribution in [0.4, 0.5) is 0 Å². The predicted molar refractivity (Wildman–Crippen MR) is 76.0 cm³/mol. The van der Waals surface area contributed by atoms with Crippen molar-refractivity contribution in [2.45, 2.75) is 58.0 Å². The number of rotatable bonds is 5. The molecule has 2 fully saturated rings. The lowest BCUT2D eigenvalue weighted by Crippen LogP contribution is -2.62. The summed E-state index contributed by atoms with van der Waals surface area (Å²) in [5.41, 5.74) is -0.458. The summed E-state index contributed by atoms with van der Waals surface area (Å²) in [5.74, 6) is 0.508. The highest BCUT2D eigenvalue weighted by atomic mass is 16.5. The Morgan fingerprint density at radius 3 is 2.89 bits per heavy atom. The highest BCUT2D eigenvalue weighted by Gasteiger charge is 2.53. The van der Waals surface area contributed by atoms with Crippen molar-refractivity contribution >= 4 is 5.97 Å². The highest BCUT2D eigenvalue weighted by molar-refractivity contribution is 5.82. The van der Waals surface area contributed by atoms with E-state index < -0.39 is 5.54 Å². The fourth-order valence-electron chi connectivity index (χ4n) is 3.47. The van der Waals surface area contributed by atoms with Gasteiger partial charge in [-0.25, -0.2) is 4.79 Å². The third-order valence-electron chi connectivity index (χ3n) is 4.44. The molecular formula is C15H28N2O2. The maximum absolute atomic E-state index is 12.5. The third-order valence-corrected chi connectivity index (χ3v) is 4.44. The molecule has 0 aromatic carbocycles. The van der Waals surface area contributed by atoms with E-state index in [-0.39, 0.29) is 5.97 Å². The Morgan fingerprint density at radius 1 is 1.42 bits per heavy atom. The van der Waals surface area contributed by atoms with Crippen molar-refractivity contribution in [3.63, 3.8) is 0 Å². The Labute approximate surface area is 116 Å². The van der Waals surface area contributed by atoms with Crippen LogP contribution in [0.15, 0.2) is 0 Å². The Morgan fingerprint density at radius 2 is 2.21 bits per heavy atom. The van der Waals surface area contributed by atoms with Gasteiger partial charge in [-0.15, -0.1) is 0 Å². The van der Waals surface area contributed by atoms with Crippen LogP contribution in [0.3, 0.4) is 0 Å². The molecule has 0 aromatic rings. The summed E-state index contributed by atoms with van der Waals surface area (Å²) in [5, 5.41) is 3.56. The van der Waals surface area contributed by atoms with E-state index in [4.69, 9.17) is 4.74 Å². The van der Waals surface area contributed by atoms with Gasteiger partial charge in [0.05, 0.1) is 6.61 Å². The summed E-state index contributed by atoms with van der Waals surface area (Å²) in [6, 6.07) is 0.332. The smallest absolute Gasteiger partial charge is 0.328 e. The number of hydrogen-bond donors (Lipinski definition) is 1. The van der Waals surface area contributed by atoms with Crippen molar-refractivity contribution in [3.8, 4) is 0 Å². The van der Waals surface area contributed by atoms with Gasteiger partial charge in [0.15, 0.2) is 0 Å². The molecule has 110 valence electrons. The van der Waals surface area contributed by atoms with Crippen molar-refractivity contribution in [1.82, 2.24) is 10.2 Å². The Hall–Kier alpha value is -0.610. The molecule has 4 heteroatoms. The van der Waals surface area contributed by atoms with Crippen LogP contribution in [0.2, 0.25) is 0 Å². The van der Waals surface area contributed by atoms with Gasteiger partial charge in [0.25, 0.3) is 0 Å². The first kappa shape index (κ1) is 14.8. The molecule has 0 spiro atoms. The fraction of sp³-hybridized carbons (Fsp3) is 0.933. The molecule has 19 heavy (non-hydrogen) atoms. The third kappa shape index (κ3) is 2.95. The minimum absolute atomic E-state index is 0.0370. The number of nitrogens with zero attached hydrogens (tertiary/aromatic N) is 1. The predicted octanol–water partition coefficient (Wildman–Crippen LogP) is 1.79. The molecule has 0 radical (unpaired) electrons. The maximum atomic E-state index is 12.5. The van der Waals surface area contributed by atoms with Crippen molar-refractivity contribution in [2.24, 2.45) is 5.92 Å². The molecule has 0 bridgehead atoms. The topological polar surface area (TPSA) is 41.6 Å². The van der Waals surface area contributed by atoms with Crippen LogP contribution in [0.5, 0.6) is 0 Å². The summed E-state index contributed by atoms with van der Waals surface area (Å²) < 4.78 is 5.38. The SMILES string of the molecule is CCOC(=O)C1(NCC(C)C)CCN2CCCCC21. The van der Waals surface area contributed by atoms with Crippen molar-refractivity contribution in [2.75, 3.05) is 26.2 Å². The van der Waals surface area contributed by atoms with E-state index in [1.807, 2.05) is 6.92 Å². The number of carbonyl (C=O) groups is 1. The van der Waals surface area contributed by atoms with Gasteiger partial charge in [0.1, 0.15) is 5.54 Å². The first-order chi connectivity index (χ1) is 9.10. The number of esters is 1. The number of hydrogen-bond acceptors (Lipinski definition) is 4. The zero-order valence-electron chi connectivity index (χ0n) is 12.6. The second kappa shape index (κ2) is 6.23. The number of fused-ring (bicyclic) bond motifs is 1. The van der Waals surface area contributed by atoms with E-state index in [1.165, 1.54) is 12.8 Å². The molecule has 2 unspecified atom stereocenters. The summed E-state index contributed by atoms with van der Waals surface area (Å²) in [7, 11) is 0. The number of carbonyl (C=O) groups excluding carboxylic acids is 1. The zero-order valence-corrected chi connectivity index (χ0v) is 12.6. The van der Waals surface area contributed by atoms with Crippen LogP contribution in [0.25, 0.3) is 0 Å². The molecule has 0 aromatic heterocycles. The molecule has 4 nitrogen and oxygen atoms in total. The molecule has 2 aliphatic rings. The average Bonchev–Trinajstić information content (AvgIpc) is 2.77. The summed E-state index contributed by atoms with van der Waals surface area (Å²) >= 11 is 0. The van der Waals surface area contributed by atoms with Gasteiger partial charge < -0.3 is 10.1 Å². The normalized spacial score (nSPS) is 31.5. The second-order valence-corrected chi connectivity index (χ2v) is 6.26. The van der Waals surface area contributed by atoms with E-state index in [2.05, 4.69) is 24.1 Å². The van der Waals surface area contributed by atoms with E-state index >= 15 is 0 Å². The van der Waals surface area contributed by atoms with Crippen LogP contribution in [-0.4, -0.2) is 48.7 Å². The molecule has 0 amide bonds. The first-order valence-electron chi connectivity index (χ1n) is 7.76. The van der Waals surface area contributed by atoms with Gasteiger partial charge >= 0.3 is 5.97 Å². The molecule has 2 saturated heterocycles. The number of nitrogens with one attached hydrogen (secondary N) is 1. The van der Waals surface area contributed by atoms with Gasteiger partial charge in [-0.2, -0.15) is 0 Å². The zero-order chi connectivity index (χ0) is 13.9. The van der Waals surface area contributed by atoms with Crippen LogP contribution < -0.4 is 5.32 Å². The van der Waals surface area contributed by atoms with E-state index in [0.29, 0.717) is 18.6 Å². The van der Waals surface area contributed by atoms with E-state index in [1.54, 1.807) is 0 Å². The maximum Gasteiger partial charge on any atom is 0.328 e. The van der Waals surface area contributed by atoms with Gasteiger partial charge in [-0.3, -0.25) is 4.90 Å². The quantitative estimate of drug-likeness (QED) is 0.772. The van der Waals surface area contributed by atoms with Crippen molar-refractivity contribution in [1.29, 1.82) is 0 Å². The van der Waals surface area contributed by atoms with E-state index in [9.17, 15) is 4.79 Å². The standard InChI is InChI=1S/C15H28N2O2/c1-4-19-14(18)15(16-11-12(2)3)8-10-17-9-6-5-7-13(15)17/h12-13,16H,4-11H2,1-3H3. The Kier molecular flexibility index (Phi) is 4.85. The molecule has 2 aliphatic heterocycles. The minimum Gasteiger partial charge on any atom is -0.465 e. The molecule has 2 rings (SSSR count). The number of piperidine rings is 1. The molecule has 0 saturated carbocycles. The van der Waals surface area contributed by atoms with Crippen LogP contribution in [0, 0.1) is 5.92 Å². The van der Waals surface area contributed by atoms with Crippen molar-refractivity contribution in [3.05, 3.63) is 0 Å². The fourth-order valence-corrected chi connectivity index (χ4v) is 3.47. The summed E-state index contributed by atoms with van der Waals surface area (Å²) in [4.78, 5) is 15.0. The van der Waals surface area contributed by atoms with Crippen LogP contribution in [0.1, 0.15) is 46.5 Å². The number of ether oxygens (including phenoxy) is 1. The molecule has 0 aliphatic carbocycles. The molecule has 1 N–H and O–H groups in total. The molecule has 2 atom stereocenters. The van der Waals surface area contributed by atoms with Gasteiger partial charge in [0.2, 0.25) is 0 Å². The molecular weight excluding hydrogens is 240 g/mol.